The maximum Gasteiger partial charge on any atom is 0.175 e. The molecule has 0 saturated heterocycles. The van der Waals surface area contributed by atoms with Crippen molar-refractivity contribution in [2.24, 2.45) is 0 Å². The third kappa shape index (κ3) is 1.72. The van der Waals surface area contributed by atoms with Crippen LogP contribution in [-0.2, 0) is 0 Å². The summed E-state index contributed by atoms with van der Waals surface area (Å²) in [5, 5.41) is 9.63. The zero-order valence-electron chi connectivity index (χ0n) is 7.83. The Hall–Kier alpha value is -1.42. The Balaban J connectivity index is 2.61. The highest BCUT2D eigenvalue weighted by atomic mass is 35.5. The number of carbonyl (C=O) groups excluding carboxylic acids is 1. The first-order chi connectivity index (χ1) is 7.24. The fourth-order valence-electron chi connectivity index (χ4n) is 1.40. The van der Waals surface area contributed by atoms with Crippen molar-refractivity contribution in [2.75, 3.05) is 13.2 Å². The summed E-state index contributed by atoms with van der Waals surface area (Å²) >= 11 is 5.74. The van der Waals surface area contributed by atoms with Crippen molar-refractivity contribution in [3.8, 4) is 17.2 Å². The van der Waals surface area contributed by atoms with Gasteiger partial charge in [0.2, 0.25) is 0 Å². The number of fused-ring (bicyclic) bond motifs is 1. The highest BCUT2D eigenvalue weighted by Gasteiger charge is 2.20. The zero-order chi connectivity index (χ0) is 10.8. The Morgan fingerprint density at radius 2 is 2.13 bits per heavy atom. The minimum Gasteiger partial charge on any atom is -0.505 e. The van der Waals surface area contributed by atoms with Crippen molar-refractivity contribution in [3.63, 3.8) is 0 Å². The largest absolute Gasteiger partial charge is 0.505 e. The van der Waals surface area contributed by atoms with Crippen molar-refractivity contribution in [1.82, 2.24) is 0 Å². The molecule has 0 radical (unpaired) electrons. The highest BCUT2D eigenvalue weighted by Crippen LogP contribution is 2.42. The first-order valence-electron chi connectivity index (χ1n) is 4.50. The normalized spacial score (nSPS) is 14.5. The van der Waals surface area contributed by atoms with Crippen molar-refractivity contribution < 1.29 is 19.4 Å². The average molecular weight is 229 g/mol. The van der Waals surface area contributed by atoms with Crippen LogP contribution in [0.5, 0.6) is 17.2 Å². The molecule has 0 fully saturated rings. The van der Waals surface area contributed by atoms with Crippen LogP contribution in [0.4, 0.5) is 0 Å². The molecule has 5 heteroatoms. The molecule has 0 unspecified atom stereocenters. The van der Waals surface area contributed by atoms with E-state index < -0.39 is 0 Å². The first kappa shape index (κ1) is 10.1. The van der Waals surface area contributed by atoms with E-state index in [1.807, 2.05) is 0 Å². The van der Waals surface area contributed by atoms with Gasteiger partial charge in [0, 0.05) is 12.5 Å². The van der Waals surface area contributed by atoms with Gasteiger partial charge in [0.05, 0.1) is 18.2 Å². The molecule has 1 aliphatic heterocycles. The molecule has 4 nitrogen and oxygen atoms in total. The van der Waals surface area contributed by atoms with Crippen LogP contribution < -0.4 is 9.47 Å². The number of benzene rings is 1. The van der Waals surface area contributed by atoms with Gasteiger partial charge in [-0.25, -0.2) is 0 Å². The number of aldehydes is 1. The maximum atomic E-state index is 10.8. The fourth-order valence-corrected chi connectivity index (χ4v) is 1.60. The molecule has 0 saturated carbocycles. The molecular weight excluding hydrogens is 220 g/mol. The predicted octanol–water partition coefficient (Wildman–Crippen LogP) is 2.02. The number of phenolic OH excluding ortho intramolecular Hbond substituents is 1. The number of hydrogen-bond donors (Lipinski definition) is 1. The second-order valence-corrected chi connectivity index (χ2v) is 3.52. The Morgan fingerprint density at radius 1 is 1.40 bits per heavy atom. The monoisotopic (exact) mass is 228 g/mol. The Kier molecular flexibility index (Phi) is 2.68. The number of hydrogen-bond acceptors (Lipinski definition) is 4. The molecule has 0 atom stereocenters. The number of carbonyl (C=O) groups is 1. The molecule has 1 aromatic carbocycles. The van der Waals surface area contributed by atoms with Gasteiger partial charge in [-0.1, -0.05) is 11.6 Å². The molecule has 0 amide bonds. The van der Waals surface area contributed by atoms with Crippen molar-refractivity contribution in [3.05, 3.63) is 16.7 Å². The second-order valence-electron chi connectivity index (χ2n) is 3.12. The summed E-state index contributed by atoms with van der Waals surface area (Å²) in [6, 6.07) is 1.45. The van der Waals surface area contributed by atoms with Gasteiger partial charge in [-0.2, -0.15) is 0 Å². The van der Waals surface area contributed by atoms with Gasteiger partial charge in [0.25, 0.3) is 0 Å². The van der Waals surface area contributed by atoms with Crippen LogP contribution in [0.15, 0.2) is 6.07 Å². The molecule has 1 aromatic rings. The molecule has 1 heterocycles. The number of phenols is 1. The van der Waals surface area contributed by atoms with Crippen LogP contribution in [0.1, 0.15) is 16.8 Å². The van der Waals surface area contributed by atoms with Crippen molar-refractivity contribution in [1.29, 1.82) is 0 Å². The molecular formula is C10H9ClO4. The lowest BCUT2D eigenvalue weighted by molar-refractivity contribution is 0.111. The van der Waals surface area contributed by atoms with E-state index in [0.29, 0.717) is 25.2 Å². The minimum atomic E-state index is -0.268. The number of ether oxygens (including phenoxy) is 2. The Bertz CT molecular complexity index is 403. The quantitative estimate of drug-likeness (QED) is 0.748. The van der Waals surface area contributed by atoms with E-state index in [1.54, 1.807) is 0 Å². The number of rotatable bonds is 1. The fraction of sp³-hybridized carbons (Fsp3) is 0.300. The smallest absolute Gasteiger partial charge is 0.175 e. The van der Waals surface area contributed by atoms with E-state index in [9.17, 15) is 9.90 Å². The number of aromatic hydroxyl groups is 1. The molecule has 1 aliphatic rings. The molecule has 2 rings (SSSR count). The summed E-state index contributed by atoms with van der Waals surface area (Å²) in [7, 11) is 0. The first-order valence-corrected chi connectivity index (χ1v) is 4.88. The van der Waals surface area contributed by atoms with E-state index in [1.165, 1.54) is 6.07 Å². The molecule has 0 spiro atoms. The van der Waals surface area contributed by atoms with Gasteiger partial charge in [-0.3, -0.25) is 4.79 Å². The van der Waals surface area contributed by atoms with Gasteiger partial charge < -0.3 is 14.6 Å². The molecule has 1 N–H and O–H groups in total. The van der Waals surface area contributed by atoms with Gasteiger partial charge in [0.1, 0.15) is 11.3 Å². The summed E-state index contributed by atoms with van der Waals surface area (Å²) in [6.07, 6.45) is 1.24. The van der Waals surface area contributed by atoms with Gasteiger partial charge >= 0.3 is 0 Å². The van der Waals surface area contributed by atoms with E-state index in [4.69, 9.17) is 21.1 Å². The summed E-state index contributed by atoms with van der Waals surface area (Å²) in [4.78, 5) is 10.8. The minimum absolute atomic E-state index is 0.0411. The zero-order valence-corrected chi connectivity index (χ0v) is 8.58. The maximum absolute atomic E-state index is 10.8. The third-order valence-electron chi connectivity index (χ3n) is 2.12. The lowest BCUT2D eigenvalue weighted by Crippen LogP contribution is -1.98. The topological polar surface area (TPSA) is 55.8 Å². The van der Waals surface area contributed by atoms with Crippen molar-refractivity contribution >= 4 is 17.9 Å². The molecule has 15 heavy (non-hydrogen) atoms. The van der Waals surface area contributed by atoms with E-state index in [2.05, 4.69) is 0 Å². The molecule has 0 aromatic heterocycles. The second kappa shape index (κ2) is 3.98. The Labute approximate surface area is 91.4 Å². The van der Waals surface area contributed by atoms with Crippen LogP contribution in [0, 0.1) is 0 Å². The average Bonchev–Trinajstić information content (AvgIpc) is 2.45. The molecule has 0 aliphatic carbocycles. The highest BCUT2D eigenvalue weighted by molar-refractivity contribution is 6.32. The van der Waals surface area contributed by atoms with Gasteiger partial charge in [-0.15, -0.1) is 0 Å². The van der Waals surface area contributed by atoms with Crippen LogP contribution in [-0.4, -0.2) is 24.6 Å². The van der Waals surface area contributed by atoms with Gasteiger partial charge in [-0.05, 0) is 0 Å². The van der Waals surface area contributed by atoms with Crippen LogP contribution in [0.2, 0.25) is 5.02 Å². The summed E-state index contributed by atoms with van der Waals surface area (Å²) in [5.41, 5.74) is 0.0411. The van der Waals surface area contributed by atoms with Gasteiger partial charge in [0.15, 0.2) is 17.8 Å². The molecule has 0 bridgehead atoms. The lowest BCUT2D eigenvalue weighted by atomic mass is 10.2. The molecule has 80 valence electrons. The summed E-state index contributed by atoms with van der Waals surface area (Å²) in [5.74, 6) is 0.401. The SMILES string of the molecule is O=Cc1c(O)c(Cl)cc2c1OCCCO2. The Morgan fingerprint density at radius 3 is 2.87 bits per heavy atom. The summed E-state index contributed by atoms with van der Waals surface area (Å²) < 4.78 is 10.7. The summed E-state index contributed by atoms with van der Waals surface area (Å²) in [6.45, 7) is 0.960. The van der Waals surface area contributed by atoms with Crippen LogP contribution in [0.3, 0.4) is 0 Å². The van der Waals surface area contributed by atoms with E-state index >= 15 is 0 Å². The predicted molar refractivity (Wildman–Crippen MR) is 54.1 cm³/mol. The lowest BCUT2D eigenvalue weighted by Gasteiger charge is -2.11. The van der Waals surface area contributed by atoms with Crippen LogP contribution in [0.25, 0.3) is 0 Å². The van der Waals surface area contributed by atoms with E-state index in [-0.39, 0.29) is 22.1 Å². The van der Waals surface area contributed by atoms with Crippen LogP contribution >= 0.6 is 11.6 Å². The van der Waals surface area contributed by atoms with Crippen molar-refractivity contribution in [2.45, 2.75) is 6.42 Å². The standard InChI is InChI=1S/C10H9ClO4/c11-7-4-8-10(6(5-12)9(7)13)15-3-1-2-14-8/h4-5,13H,1-3H2. The van der Waals surface area contributed by atoms with E-state index in [0.717, 1.165) is 6.42 Å². The third-order valence-corrected chi connectivity index (χ3v) is 2.41. The number of halogens is 1.